The molecular formula is C11H20N2O4. The molecule has 17 heavy (non-hydrogen) atoms. The molecule has 0 aromatic rings. The molecule has 0 radical (unpaired) electrons. The summed E-state index contributed by atoms with van der Waals surface area (Å²) in [4.78, 5) is 23.7. The molecule has 2 N–H and O–H groups in total. The van der Waals surface area contributed by atoms with Crippen molar-refractivity contribution in [2.45, 2.75) is 31.7 Å². The fourth-order valence-electron chi connectivity index (χ4n) is 1.57. The van der Waals surface area contributed by atoms with E-state index in [1.54, 1.807) is 7.11 Å². The van der Waals surface area contributed by atoms with Crippen molar-refractivity contribution in [3.05, 3.63) is 0 Å². The van der Waals surface area contributed by atoms with Crippen LogP contribution in [0.1, 0.15) is 25.7 Å². The number of carboxylic acids is 1. The quantitative estimate of drug-likeness (QED) is 0.615. The minimum atomic E-state index is -0.966. The molecule has 98 valence electrons. The van der Waals surface area contributed by atoms with E-state index in [4.69, 9.17) is 9.84 Å². The lowest BCUT2D eigenvalue weighted by Gasteiger charge is -2.20. The maximum atomic E-state index is 11.7. The van der Waals surface area contributed by atoms with Gasteiger partial charge in [-0.25, -0.2) is 4.79 Å². The Morgan fingerprint density at radius 2 is 2.12 bits per heavy atom. The lowest BCUT2D eigenvalue weighted by molar-refractivity contribution is -0.137. The normalized spacial score (nSPS) is 14.4. The monoisotopic (exact) mass is 244 g/mol. The summed E-state index contributed by atoms with van der Waals surface area (Å²) in [5.74, 6) is -0.966. The van der Waals surface area contributed by atoms with Gasteiger partial charge in [0.25, 0.3) is 0 Å². The number of nitrogens with zero attached hydrogens (tertiary/aromatic N) is 1. The van der Waals surface area contributed by atoms with Crippen LogP contribution >= 0.6 is 0 Å². The van der Waals surface area contributed by atoms with Gasteiger partial charge in [0.05, 0.1) is 0 Å². The SMILES string of the molecule is COCCCCNC(=O)N(CC(=O)O)C1CC1. The molecule has 1 saturated carbocycles. The Labute approximate surface area is 101 Å². The summed E-state index contributed by atoms with van der Waals surface area (Å²) in [6.07, 6.45) is 3.54. The number of nitrogens with one attached hydrogen (secondary N) is 1. The van der Waals surface area contributed by atoms with E-state index in [0.29, 0.717) is 13.2 Å². The Balaban J connectivity index is 2.20. The molecule has 2 amide bonds. The second kappa shape index (κ2) is 7.11. The number of carbonyl (C=O) groups is 2. The zero-order chi connectivity index (χ0) is 12.7. The standard InChI is InChI=1S/C11H20N2O4/c1-17-7-3-2-6-12-11(16)13(8-10(14)15)9-4-5-9/h9H,2-8H2,1H3,(H,12,16)(H,14,15). The van der Waals surface area contributed by atoms with Crippen molar-refractivity contribution in [1.82, 2.24) is 10.2 Å². The molecular weight excluding hydrogens is 224 g/mol. The molecule has 0 atom stereocenters. The first kappa shape index (κ1) is 13.8. The lowest BCUT2D eigenvalue weighted by atomic mass is 10.3. The Bertz CT molecular complexity index is 266. The number of carboxylic acid groups (broad SMARTS) is 1. The molecule has 1 rings (SSSR count). The smallest absolute Gasteiger partial charge is 0.323 e. The van der Waals surface area contributed by atoms with Crippen molar-refractivity contribution in [2.24, 2.45) is 0 Å². The maximum Gasteiger partial charge on any atom is 0.323 e. The number of ether oxygens (including phenoxy) is 1. The number of carbonyl (C=O) groups excluding carboxylic acids is 1. The largest absolute Gasteiger partial charge is 0.480 e. The Morgan fingerprint density at radius 1 is 1.41 bits per heavy atom. The summed E-state index contributed by atoms with van der Waals surface area (Å²) in [6.45, 7) is 1.02. The molecule has 1 aliphatic carbocycles. The van der Waals surface area contributed by atoms with E-state index >= 15 is 0 Å². The van der Waals surface area contributed by atoms with Gasteiger partial charge in [-0.2, -0.15) is 0 Å². The summed E-state index contributed by atoms with van der Waals surface area (Å²) in [7, 11) is 1.64. The molecule has 6 heteroatoms. The van der Waals surface area contributed by atoms with Crippen LogP contribution in [-0.2, 0) is 9.53 Å². The van der Waals surface area contributed by atoms with Crippen LogP contribution in [0.3, 0.4) is 0 Å². The van der Waals surface area contributed by atoms with E-state index in [1.165, 1.54) is 4.90 Å². The molecule has 0 heterocycles. The number of rotatable bonds is 8. The third kappa shape index (κ3) is 5.53. The first-order valence-electron chi connectivity index (χ1n) is 5.90. The molecule has 1 fully saturated rings. The average molecular weight is 244 g/mol. The molecule has 0 saturated heterocycles. The number of amides is 2. The van der Waals surface area contributed by atoms with E-state index in [1.807, 2.05) is 0 Å². The van der Waals surface area contributed by atoms with Crippen LogP contribution in [0.4, 0.5) is 4.79 Å². The summed E-state index contributed by atoms with van der Waals surface area (Å²) in [6, 6.07) is -0.155. The highest BCUT2D eigenvalue weighted by Gasteiger charge is 2.33. The maximum absolute atomic E-state index is 11.7. The van der Waals surface area contributed by atoms with Gasteiger partial charge in [0, 0.05) is 26.3 Å². The first-order valence-corrected chi connectivity index (χ1v) is 5.90. The molecule has 0 bridgehead atoms. The van der Waals surface area contributed by atoms with E-state index in [-0.39, 0.29) is 18.6 Å². The fourth-order valence-corrected chi connectivity index (χ4v) is 1.57. The molecule has 0 aromatic heterocycles. The predicted molar refractivity (Wildman–Crippen MR) is 61.9 cm³/mol. The van der Waals surface area contributed by atoms with Crippen LogP contribution in [0.5, 0.6) is 0 Å². The summed E-state index contributed by atoms with van der Waals surface area (Å²) < 4.78 is 4.90. The number of hydrogen-bond acceptors (Lipinski definition) is 3. The highest BCUT2D eigenvalue weighted by atomic mass is 16.5. The first-order chi connectivity index (χ1) is 8.15. The van der Waals surface area contributed by atoms with Crippen molar-refractivity contribution < 1.29 is 19.4 Å². The molecule has 1 aliphatic rings. The topological polar surface area (TPSA) is 78.9 Å². The third-order valence-electron chi connectivity index (χ3n) is 2.61. The van der Waals surface area contributed by atoms with Gasteiger partial charge in [-0.3, -0.25) is 4.79 Å². The Morgan fingerprint density at radius 3 is 2.65 bits per heavy atom. The molecule has 6 nitrogen and oxygen atoms in total. The number of unbranched alkanes of at least 4 members (excludes halogenated alkanes) is 1. The van der Waals surface area contributed by atoms with Gasteiger partial charge >= 0.3 is 12.0 Å². The second-order valence-electron chi connectivity index (χ2n) is 4.18. The Hall–Kier alpha value is -1.30. The zero-order valence-electron chi connectivity index (χ0n) is 10.1. The molecule has 0 spiro atoms. The van der Waals surface area contributed by atoms with Gasteiger partial charge in [0.1, 0.15) is 6.54 Å². The minimum absolute atomic E-state index is 0.116. The van der Waals surface area contributed by atoms with Crippen LogP contribution in [0.2, 0.25) is 0 Å². The predicted octanol–water partition coefficient (Wildman–Crippen LogP) is 0.672. The van der Waals surface area contributed by atoms with Crippen LogP contribution in [0.15, 0.2) is 0 Å². The average Bonchev–Trinajstić information content (AvgIpc) is 3.09. The van der Waals surface area contributed by atoms with Crippen molar-refractivity contribution in [1.29, 1.82) is 0 Å². The Kier molecular flexibility index (Phi) is 5.76. The van der Waals surface area contributed by atoms with Gasteiger partial charge < -0.3 is 20.1 Å². The van der Waals surface area contributed by atoms with Crippen molar-refractivity contribution in [2.75, 3.05) is 26.8 Å². The van der Waals surface area contributed by atoms with Crippen molar-refractivity contribution >= 4 is 12.0 Å². The van der Waals surface area contributed by atoms with Gasteiger partial charge in [-0.15, -0.1) is 0 Å². The van der Waals surface area contributed by atoms with Crippen molar-refractivity contribution in [3.8, 4) is 0 Å². The van der Waals surface area contributed by atoms with Crippen LogP contribution < -0.4 is 5.32 Å². The number of methoxy groups -OCH3 is 1. The molecule has 0 unspecified atom stereocenters. The summed E-state index contributed by atoms with van der Waals surface area (Å²) in [5, 5.41) is 11.4. The lowest BCUT2D eigenvalue weighted by Crippen LogP contribution is -2.44. The van der Waals surface area contributed by atoms with E-state index < -0.39 is 5.97 Å². The number of urea groups is 1. The van der Waals surface area contributed by atoms with E-state index in [0.717, 1.165) is 25.7 Å². The van der Waals surface area contributed by atoms with Crippen LogP contribution in [-0.4, -0.2) is 54.9 Å². The van der Waals surface area contributed by atoms with Crippen molar-refractivity contribution in [3.63, 3.8) is 0 Å². The summed E-state index contributed by atoms with van der Waals surface area (Å²) in [5.41, 5.74) is 0. The van der Waals surface area contributed by atoms with Crippen LogP contribution in [0.25, 0.3) is 0 Å². The highest BCUT2D eigenvalue weighted by Crippen LogP contribution is 2.26. The number of hydrogen-bond donors (Lipinski definition) is 2. The summed E-state index contributed by atoms with van der Waals surface area (Å²) >= 11 is 0. The molecule has 0 aromatic carbocycles. The number of aliphatic carboxylic acids is 1. The third-order valence-corrected chi connectivity index (χ3v) is 2.61. The minimum Gasteiger partial charge on any atom is -0.480 e. The van der Waals surface area contributed by atoms with Gasteiger partial charge in [0.2, 0.25) is 0 Å². The van der Waals surface area contributed by atoms with Gasteiger partial charge in [-0.05, 0) is 25.7 Å². The molecule has 0 aliphatic heterocycles. The highest BCUT2D eigenvalue weighted by molar-refractivity contribution is 5.80. The van der Waals surface area contributed by atoms with Gasteiger partial charge in [0.15, 0.2) is 0 Å². The van der Waals surface area contributed by atoms with E-state index in [9.17, 15) is 9.59 Å². The van der Waals surface area contributed by atoms with Crippen LogP contribution in [0, 0.1) is 0 Å². The second-order valence-corrected chi connectivity index (χ2v) is 4.18. The fraction of sp³-hybridized carbons (Fsp3) is 0.818. The zero-order valence-corrected chi connectivity index (χ0v) is 10.1. The van der Waals surface area contributed by atoms with Gasteiger partial charge in [-0.1, -0.05) is 0 Å². The van der Waals surface area contributed by atoms with E-state index in [2.05, 4.69) is 5.32 Å².